The number of carbonyl (C=O) groups is 1. The van der Waals surface area contributed by atoms with E-state index in [2.05, 4.69) is 32.9 Å². The maximum absolute atomic E-state index is 13.1. The first-order valence-corrected chi connectivity index (χ1v) is 11.3. The molecular formula is C24H31N3O4. The predicted molar refractivity (Wildman–Crippen MR) is 116 cm³/mol. The van der Waals surface area contributed by atoms with Gasteiger partial charge < -0.3 is 18.8 Å². The van der Waals surface area contributed by atoms with Crippen molar-refractivity contribution in [1.29, 1.82) is 0 Å². The van der Waals surface area contributed by atoms with Crippen molar-refractivity contribution in [3.63, 3.8) is 0 Å². The van der Waals surface area contributed by atoms with E-state index in [0.29, 0.717) is 12.7 Å². The van der Waals surface area contributed by atoms with Crippen LogP contribution >= 0.6 is 0 Å². The molecular weight excluding hydrogens is 394 g/mol. The molecule has 2 aromatic rings. The van der Waals surface area contributed by atoms with Crippen LogP contribution in [-0.2, 0) is 17.9 Å². The van der Waals surface area contributed by atoms with Gasteiger partial charge in [0.15, 0.2) is 11.5 Å². The highest BCUT2D eigenvalue weighted by Gasteiger charge is 2.30. The molecule has 166 valence electrons. The van der Waals surface area contributed by atoms with Crippen LogP contribution in [0, 0.1) is 12.8 Å². The lowest BCUT2D eigenvalue weighted by molar-refractivity contribution is -0.139. The molecule has 2 fully saturated rings. The Labute approximate surface area is 183 Å². The molecule has 1 aromatic carbocycles. The first-order chi connectivity index (χ1) is 15.1. The Morgan fingerprint density at radius 1 is 0.903 bits per heavy atom. The van der Waals surface area contributed by atoms with E-state index in [4.69, 9.17) is 13.9 Å². The summed E-state index contributed by atoms with van der Waals surface area (Å²) >= 11 is 0. The summed E-state index contributed by atoms with van der Waals surface area (Å²) in [7, 11) is 0. The highest BCUT2D eigenvalue weighted by molar-refractivity contribution is 5.79. The fourth-order valence-electron chi connectivity index (χ4n) is 4.81. The van der Waals surface area contributed by atoms with E-state index in [0.717, 1.165) is 88.2 Å². The smallest absolute Gasteiger partial charge is 0.231 e. The fraction of sp³-hybridized carbons (Fsp3) is 0.542. The average molecular weight is 426 g/mol. The van der Waals surface area contributed by atoms with Gasteiger partial charge in [-0.15, -0.1) is 0 Å². The lowest BCUT2D eigenvalue weighted by atomic mass is 9.95. The number of fused-ring (bicyclic) bond motifs is 1. The van der Waals surface area contributed by atoms with Crippen molar-refractivity contribution in [2.24, 2.45) is 5.92 Å². The van der Waals surface area contributed by atoms with Crippen molar-refractivity contribution in [1.82, 2.24) is 14.7 Å². The van der Waals surface area contributed by atoms with E-state index in [1.807, 2.05) is 19.1 Å². The second-order valence-corrected chi connectivity index (χ2v) is 8.85. The van der Waals surface area contributed by atoms with Gasteiger partial charge in [0.05, 0.1) is 6.54 Å². The van der Waals surface area contributed by atoms with Gasteiger partial charge in [-0.05, 0) is 62.7 Å². The van der Waals surface area contributed by atoms with Crippen LogP contribution in [-0.4, -0.2) is 66.7 Å². The second kappa shape index (κ2) is 8.93. The minimum absolute atomic E-state index is 0.162. The molecule has 31 heavy (non-hydrogen) atoms. The van der Waals surface area contributed by atoms with Crippen LogP contribution in [0.2, 0.25) is 0 Å². The molecule has 1 amide bonds. The Morgan fingerprint density at radius 3 is 2.39 bits per heavy atom. The topological polar surface area (TPSA) is 58.4 Å². The predicted octanol–water partition coefficient (Wildman–Crippen LogP) is 2.87. The van der Waals surface area contributed by atoms with Crippen LogP contribution in [0.15, 0.2) is 34.7 Å². The number of aryl methyl sites for hydroxylation is 1. The third-order valence-corrected chi connectivity index (χ3v) is 6.64. The summed E-state index contributed by atoms with van der Waals surface area (Å²) in [4.78, 5) is 19.9. The first kappa shape index (κ1) is 20.4. The van der Waals surface area contributed by atoms with Crippen molar-refractivity contribution < 1.29 is 18.7 Å². The van der Waals surface area contributed by atoms with Crippen LogP contribution < -0.4 is 9.47 Å². The summed E-state index contributed by atoms with van der Waals surface area (Å²) < 4.78 is 16.6. The highest BCUT2D eigenvalue weighted by Crippen LogP contribution is 2.33. The number of piperidine rings is 1. The SMILES string of the molecule is Cc1ccc(CN2CCC(C(=O)N3CCN(Cc4ccc5c(c4)OCO5)CC3)CC2)o1. The number of carbonyl (C=O) groups excluding carboxylic acids is 1. The van der Waals surface area contributed by atoms with E-state index in [1.54, 1.807) is 0 Å². The van der Waals surface area contributed by atoms with Crippen molar-refractivity contribution in [3.8, 4) is 11.5 Å². The molecule has 0 atom stereocenters. The number of nitrogens with zero attached hydrogens (tertiary/aromatic N) is 3. The van der Waals surface area contributed by atoms with Crippen molar-refractivity contribution >= 4 is 5.91 Å². The quantitative estimate of drug-likeness (QED) is 0.734. The Morgan fingerprint density at radius 2 is 1.65 bits per heavy atom. The Kier molecular flexibility index (Phi) is 5.87. The zero-order chi connectivity index (χ0) is 21.2. The Bertz CT molecular complexity index is 911. The van der Waals surface area contributed by atoms with Crippen molar-refractivity contribution in [3.05, 3.63) is 47.4 Å². The third-order valence-electron chi connectivity index (χ3n) is 6.64. The van der Waals surface area contributed by atoms with E-state index in [9.17, 15) is 4.79 Å². The molecule has 5 rings (SSSR count). The molecule has 0 aliphatic carbocycles. The Hall–Kier alpha value is -2.51. The lowest BCUT2D eigenvalue weighted by Crippen LogP contribution is -2.51. The molecule has 7 nitrogen and oxygen atoms in total. The first-order valence-electron chi connectivity index (χ1n) is 11.3. The standard InChI is InChI=1S/C24H31N3O4/c1-18-2-4-21(31-18)16-25-8-6-20(7-9-25)24(28)27-12-10-26(11-13-27)15-19-3-5-22-23(14-19)30-17-29-22/h2-5,14,20H,6-13,15-17H2,1H3. The zero-order valence-corrected chi connectivity index (χ0v) is 18.2. The van der Waals surface area contributed by atoms with Crippen LogP contribution in [0.1, 0.15) is 29.9 Å². The zero-order valence-electron chi connectivity index (χ0n) is 18.2. The van der Waals surface area contributed by atoms with Gasteiger partial charge in [0.1, 0.15) is 11.5 Å². The van der Waals surface area contributed by atoms with E-state index < -0.39 is 0 Å². The summed E-state index contributed by atoms with van der Waals surface area (Å²) in [6.45, 7) is 9.37. The van der Waals surface area contributed by atoms with Gasteiger partial charge in [-0.2, -0.15) is 0 Å². The van der Waals surface area contributed by atoms with Crippen molar-refractivity contribution in [2.75, 3.05) is 46.1 Å². The minimum Gasteiger partial charge on any atom is -0.465 e. The molecule has 0 N–H and O–H groups in total. The summed E-state index contributed by atoms with van der Waals surface area (Å²) in [6.07, 6.45) is 1.88. The van der Waals surface area contributed by atoms with E-state index in [1.165, 1.54) is 5.56 Å². The molecule has 0 spiro atoms. The molecule has 0 saturated carbocycles. The van der Waals surface area contributed by atoms with Gasteiger partial charge >= 0.3 is 0 Å². The maximum Gasteiger partial charge on any atom is 0.231 e. The third kappa shape index (κ3) is 4.72. The summed E-state index contributed by atoms with van der Waals surface area (Å²) in [6, 6.07) is 10.2. The number of hydrogen-bond donors (Lipinski definition) is 0. The normalized spacial score (nSPS) is 20.4. The van der Waals surface area contributed by atoms with Gasteiger partial charge in [0.2, 0.25) is 12.7 Å². The number of ether oxygens (including phenoxy) is 2. The molecule has 0 radical (unpaired) electrons. The second-order valence-electron chi connectivity index (χ2n) is 8.85. The van der Waals surface area contributed by atoms with Crippen molar-refractivity contribution in [2.45, 2.75) is 32.9 Å². The molecule has 3 aliphatic rings. The molecule has 1 aromatic heterocycles. The lowest BCUT2D eigenvalue weighted by Gasteiger charge is -2.38. The molecule has 0 unspecified atom stereocenters. The van der Waals surface area contributed by atoms with E-state index >= 15 is 0 Å². The Balaban J connectivity index is 1.06. The monoisotopic (exact) mass is 425 g/mol. The maximum atomic E-state index is 13.1. The number of benzene rings is 1. The van der Waals surface area contributed by atoms with Crippen LogP contribution in [0.25, 0.3) is 0 Å². The van der Waals surface area contributed by atoms with Gasteiger partial charge in [-0.3, -0.25) is 14.6 Å². The number of rotatable bonds is 5. The van der Waals surface area contributed by atoms with Crippen LogP contribution in [0.3, 0.4) is 0 Å². The van der Waals surface area contributed by atoms with Gasteiger partial charge in [-0.1, -0.05) is 6.07 Å². The number of hydrogen-bond acceptors (Lipinski definition) is 6. The molecule has 0 bridgehead atoms. The molecule has 3 aliphatic heterocycles. The highest BCUT2D eigenvalue weighted by atomic mass is 16.7. The molecule has 7 heteroatoms. The summed E-state index contributed by atoms with van der Waals surface area (Å²) in [5.41, 5.74) is 1.23. The van der Waals surface area contributed by atoms with Gasteiger partial charge in [0, 0.05) is 38.6 Å². The average Bonchev–Trinajstić information content (AvgIpc) is 3.42. The molecule has 2 saturated heterocycles. The number of amides is 1. The minimum atomic E-state index is 0.162. The van der Waals surface area contributed by atoms with Gasteiger partial charge in [0.25, 0.3) is 0 Å². The molecule has 4 heterocycles. The number of piperazine rings is 1. The van der Waals surface area contributed by atoms with Gasteiger partial charge in [-0.25, -0.2) is 0 Å². The fourth-order valence-corrected chi connectivity index (χ4v) is 4.81. The summed E-state index contributed by atoms with van der Waals surface area (Å²) in [5, 5.41) is 0. The number of furan rings is 1. The summed E-state index contributed by atoms with van der Waals surface area (Å²) in [5.74, 6) is 4.13. The van der Waals surface area contributed by atoms with Crippen LogP contribution in [0.4, 0.5) is 0 Å². The number of likely N-dealkylation sites (tertiary alicyclic amines) is 1. The van der Waals surface area contributed by atoms with Crippen LogP contribution in [0.5, 0.6) is 11.5 Å². The largest absolute Gasteiger partial charge is 0.465 e. The van der Waals surface area contributed by atoms with E-state index in [-0.39, 0.29) is 5.92 Å².